The molecule has 2 unspecified atom stereocenters. The molecule has 1 aromatic heterocycles. The highest BCUT2D eigenvalue weighted by atomic mass is 16.5. The van der Waals surface area contributed by atoms with Gasteiger partial charge in [0.25, 0.3) is 0 Å². The zero-order chi connectivity index (χ0) is 11.4. The van der Waals surface area contributed by atoms with Gasteiger partial charge in [-0.3, -0.25) is 0 Å². The summed E-state index contributed by atoms with van der Waals surface area (Å²) in [6.45, 7) is 2.07. The number of nitrogens with two attached hydrogens (primary N) is 1. The Kier molecular flexibility index (Phi) is 3.72. The van der Waals surface area contributed by atoms with Crippen molar-refractivity contribution in [3.05, 3.63) is 18.1 Å². The SMILES string of the molecule is CCc1cc(OC2CCCCC2N)ncn1. The van der Waals surface area contributed by atoms with E-state index < -0.39 is 0 Å². The van der Waals surface area contributed by atoms with Crippen LogP contribution in [0.25, 0.3) is 0 Å². The van der Waals surface area contributed by atoms with Crippen LogP contribution in [0, 0.1) is 0 Å². The molecule has 0 saturated heterocycles. The van der Waals surface area contributed by atoms with E-state index in [0.29, 0.717) is 5.88 Å². The van der Waals surface area contributed by atoms with Crippen molar-refractivity contribution in [2.45, 2.75) is 51.2 Å². The number of hydrogen-bond donors (Lipinski definition) is 1. The highest BCUT2D eigenvalue weighted by Gasteiger charge is 2.23. The van der Waals surface area contributed by atoms with Crippen LogP contribution in [-0.2, 0) is 6.42 Å². The van der Waals surface area contributed by atoms with E-state index in [1.54, 1.807) is 6.33 Å². The fourth-order valence-corrected chi connectivity index (χ4v) is 2.06. The van der Waals surface area contributed by atoms with Gasteiger partial charge in [-0.1, -0.05) is 13.3 Å². The zero-order valence-electron chi connectivity index (χ0n) is 9.72. The van der Waals surface area contributed by atoms with Crippen LogP contribution in [0.15, 0.2) is 12.4 Å². The Hall–Kier alpha value is -1.16. The number of ether oxygens (including phenoxy) is 1. The first kappa shape index (κ1) is 11.3. The molecule has 2 atom stereocenters. The summed E-state index contributed by atoms with van der Waals surface area (Å²) in [5, 5.41) is 0. The van der Waals surface area contributed by atoms with Gasteiger partial charge in [0, 0.05) is 17.8 Å². The van der Waals surface area contributed by atoms with Crippen LogP contribution in [-0.4, -0.2) is 22.1 Å². The quantitative estimate of drug-likeness (QED) is 0.843. The predicted octanol–water partition coefficient (Wildman–Crippen LogP) is 1.69. The average molecular weight is 221 g/mol. The van der Waals surface area contributed by atoms with Gasteiger partial charge in [0.2, 0.25) is 5.88 Å². The van der Waals surface area contributed by atoms with Crippen molar-refractivity contribution in [2.24, 2.45) is 5.73 Å². The summed E-state index contributed by atoms with van der Waals surface area (Å²) in [4.78, 5) is 8.27. The van der Waals surface area contributed by atoms with Crippen LogP contribution in [0.1, 0.15) is 38.3 Å². The predicted molar refractivity (Wildman–Crippen MR) is 62.3 cm³/mol. The second-order valence-electron chi connectivity index (χ2n) is 4.31. The second-order valence-corrected chi connectivity index (χ2v) is 4.31. The maximum Gasteiger partial charge on any atom is 0.216 e. The van der Waals surface area contributed by atoms with Gasteiger partial charge in [-0.05, 0) is 25.7 Å². The number of nitrogens with zero attached hydrogens (tertiary/aromatic N) is 2. The smallest absolute Gasteiger partial charge is 0.216 e. The largest absolute Gasteiger partial charge is 0.473 e. The van der Waals surface area contributed by atoms with E-state index in [-0.39, 0.29) is 12.1 Å². The minimum atomic E-state index is 0.119. The lowest BCUT2D eigenvalue weighted by Gasteiger charge is -2.28. The van der Waals surface area contributed by atoms with Gasteiger partial charge in [0.1, 0.15) is 12.4 Å². The Labute approximate surface area is 96.2 Å². The Balaban J connectivity index is 2.01. The summed E-state index contributed by atoms with van der Waals surface area (Å²) in [6.07, 6.45) is 7.07. The highest BCUT2D eigenvalue weighted by molar-refractivity contribution is 5.14. The van der Waals surface area contributed by atoms with Crippen molar-refractivity contribution in [1.82, 2.24) is 9.97 Å². The van der Waals surface area contributed by atoms with E-state index in [1.165, 1.54) is 12.8 Å². The first-order valence-corrected chi connectivity index (χ1v) is 6.02. The van der Waals surface area contributed by atoms with E-state index in [2.05, 4.69) is 16.9 Å². The highest BCUT2D eigenvalue weighted by Crippen LogP contribution is 2.21. The molecule has 1 aromatic rings. The van der Waals surface area contributed by atoms with E-state index in [1.807, 2.05) is 6.07 Å². The van der Waals surface area contributed by atoms with Crippen LogP contribution in [0.5, 0.6) is 5.88 Å². The molecule has 0 aliphatic heterocycles. The molecule has 0 radical (unpaired) electrons. The molecule has 4 nitrogen and oxygen atoms in total. The number of hydrogen-bond acceptors (Lipinski definition) is 4. The van der Waals surface area contributed by atoms with Gasteiger partial charge in [-0.25, -0.2) is 9.97 Å². The maximum absolute atomic E-state index is 6.03. The minimum Gasteiger partial charge on any atom is -0.473 e. The lowest BCUT2D eigenvalue weighted by Crippen LogP contribution is -2.41. The summed E-state index contributed by atoms with van der Waals surface area (Å²) in [7, 11) is 0. The fraction of sp³-hybridized carbons (Fsp3) is 0.667. The molecule has 1 aliphatic carbocycles. The van der Waals surface area contributed by atoms with Crippen LogP contribution < -0.4 is 10.5 Å². The summed E-state index contributed by atoms with van der Waals surface area (Å²) >= 11 is 0. The van der Waals surface area contributed by atoms with E-state index in [9.17, 15) is 0 Å². The summed E-state index contributed by atoms with van der Waals surface area (Å²) in [5.41, 5.74) is 7.04. The number of aryl methyl sites for hydroxylation is 1. The third kappa shape index (κ3) is 2.70. The van der Waals surface area contributed by atoms with Crippen molar-refractivity contribution in [2.75, 3.05) is 0 Å². The van der Waals surface area contributed by atoms with Crippen molar-refractivity contribution in [3.63, 3.8) is 0 Å². The zero-order valence-corrected chi connectivity index (χ0v) is 9.72. The van der Waals surface area contributed by atoms with E-state index in [4.69, 9.17) is 10.5 Å². The van der Waals surface area contributed by atoms with Crippen LogP contribution in [0.3, 0.4) is 0 Å². The fourth-order valence-electron chi connectivity index (χ4n) is 2.06. The summed E-state index contributed by atoms with van der Waals surface area (Å²) < 4.78 is 5.83. The van der Waals surface area contributed by atoms with Crippen molar-refractivity contribution < 1.29 is 4.74 Å². The van der Waals surface area contributed by atoms with Gasteiger partial charge in [-0.15, -0.1) is 0 Å². The van der Waals surface area contributed by atoms with Crippen LogP contribution in [0.2, 0.25) is 0 Å². The van der Waals surface area contributed by atoms with Gasteiger partial charge >= 0.3 is 0 Å². The normalized spacial score (nSPS) is 25.4. The van der Waals surface area contributed by atoms with Gasteiger partial charge < -0.3 is 10.5 Å². The lowest BCUT2D eigenvalue weighted by atomic mass is 9.93. The molecule has 4 heteroatoms. The number of aromatic nitrogens is 2. The first-order valence-electron chi connectivity index (χ1n) is 6.02. The molecule has 0 bridgehead atoms. The molecule has 2 rings (SSSR count). The van der Waals surface area contributed by atoms with E-state index in [0.717, 1.165) is 25.0 Å². The molecule has 0 aromatic carbocycles. The standard InChI is InChI=1S/C12H19N3O/c1-2-9-7-12(15-8-14-9)16-11-6-4-3-5-10(11)13/h7-8,10-11H,2-6,13H2,1H3. The molecule has 1 fully saturated rings. The average Bonchev–Trinajstić information content (AvgIpc) is 2.32. The first-order chi connectivity index (χ1) is 7.79. The number of rotatable bonds is 3. The van der Waals surface area contributed by atoms with Crippen LogP contribution >= 0.6 is 0 Å². The molecular weight excluding hydrogens is 202 g/mol. The summed E-state index contributed by atoms with van der Waals surface area (Å²) in [5.74, 6) is 0.661. The molecule has 0 amide bonds. The molecule has 16 heavy (non-hydrogen) atoms. The maximum atomic E-state index is 6.03. The Bertz CT molecular complexity index is 343. The van der Waals surface area contributed by atoms with Crippen molar-refractivity contribution >= 4 is 0 Å². The molecule has 2 N–H and O–H groups in total. The Morgan fingerprint density at radius 3 is 2.94 bits per heavy atom. The second kappa shape index (κ2) is 5.25. The topological polar surface area (TPSA) is 61.0 Å². The molecular formula is C12H19N3O. The van der Waals surface area contributed by atoms with E-state index >= 15 is 0 Å². The third-order valence-electron chi connectivity index (χ3n) is 3.09. The van der Waals surface area contributed by atoms with Crippen molar-refractivity contribution in [1.29, 1.82) is 0 Å². The minimum absolute atomic E-state index is 0.119. The van der Waals surface area contributed by atoms with Crippen LogP contribution in [0.4, 0.5) is 0 Å². The Morgan fingerprint density at radius 2 is 2.19 bits per heavy atom. The molecule has 1 saturated carbocycles. The third-order valence-corrected chi connectivity index (χ3v) is 3.09. The van der Waals surface area contributed by atoms with Crippen molar-refractivity contribution in [3.8, 4) is 5.88 Å². The van der Waals surface area contributed by atoms with Gasteiger partial charge in [-0.2, -0.15) is 0 Å². The summed E-state index contributed by atoms with van der Waals surface area (Å²) in [6, 6.07) is 2.05. The molecule has 0 spiro atoms. The monoisotopic (exact) mass is 221 g/mol. The molecule has 1 aliphatic rings. The Morgan fingerprint density at radius 1 is 1.38 bits per heavy atom. The van der Waals surface area contributed by atoms with Gasteiger partial charge in [0.05, 0.1) is 0 Å². The van der Waals surface area contributed by atoms with Gasteiger partial charge in [0.15, 0.2) is 0 Å². The lowest BCUT2D eigenvalue weighted by molar-refractivity contribution is 0.126. The molecule has 88 valence electrons. The molecule has 1 heterocycles.